The molecule has 5 atom stereocenters. The van der Waals surface area contributed by atoms with Gasteiger partial charge in [0, 0.05) is 11.0 Å². The Morgan fingerprint density at radius 3 is 2.92 bits per heavy atom. The predicted molar refractivity (Wildman–Crippen MR) is 94.4 cm³/mol. The highest BCUT2D eigenvalue weighted by atomic mass is 16.5. The second-order valence-electron chi connectivity index (χ2n) is 8.43. The number of aliphatic carboxylic acids is 1. The van der Waals surface area contributed by atoms with Crippen LogP contribution in [0.3, 0.4) is 0 Å². The number of hydrogen-bond donors (Lipinski definition) is 1. The van der Waals surface area contributed by atoms with E-state index in [-0.39, 0.29) is 23.7 Å². The SMILES string of the molecule is CC(CC1(C(=O)O)C(C)CCC23COC(=O)C2=CCCC31)c1ccoc1. The van der Waals surface area contributed by atoms with Gasteiger partial charge in [0.15, 0.2) is 0 Å². The van der Waals surface area contributed by atoms with Crippen LogP contribution in [0.15, 0.2) is 34.7 Å². The predicted octanol–water partition coefficient (Wildman–Crippen LogP) is 4.15. The maximum atomic E-state index is 12.7. The van der Waals surface area contributed by atoms with Gasteiger partial charge in [0.05, 0.1) is 17.9 Å². The van der Waals surface area contributed by atoms with Crippen molar-refractivity contribution in [3.8, 4) is 0 Å². The Kier molecular flexibility index (Phi) is 4.01. The molecule has 1 aromatic heterocycles. The largest absolute Gasteiger partial charge is 0.481 e. The lowest BCUT2D eigenvalue weighted by atomic mass is 9.45. The summed E-state index contributed by atoms with van der Waals surface area (Å²) in [6.45, 7) is 4.47. The Hall–Kier alpha value is -2.04. The van der Waals surface area contributed by atoms with Crippen molar-refractivity contribution in [2.45, 2.75) is 51.9 Å². The van der Waals surface area contributed by atoms with E-state index in [4.69, 9.17) is 9.15 Å². The number of cyclic esters (lactones) is 1. The third-order valence-electron chi connectivity index (χ3n) is 7.37. The number of carboxylic acid groups (broad SMARTS) is 1. The number of ether oxygens (including phenoxy) is 1. The molecule has 2 heterocycles. The highest BCUT2D eigenvalue weighted by Crippen LogP contribution is 2.64. The van der Waals surface area contributed by atoms with Crippen LogP contribution in [0.4, 0.5) is 0 Å². The minimum atomic E-state index is -0.859. The summed E-state index contributed by atoms with van der Waals surface area (Å²) in [5.41, 5.74) is 0.490. The van der Waals surface area contributed by atoms with Crippen LogP contribution in [0.2, 0.25) is 0 Å². The number of rotatable bonds is 4. The summed E-state index contributed by atoms with van der Waals surface area (Å²) in [6, 6.07) is 1.91. The minimum absolute atomic E-state index is 0.0556. The molecule has 0 aromatic carbocycles. The highest BCUT2D eigenvalue weighted by molar-refractivity contribution is 5.93. The average Bonchev–Trinajstić information content (AvgIpc) is 3.26. The van der Waals surface area contributed by atoms with Gasteiger partial charge in [-0.2, -0.15) is 0 Å². The minimum Gasteiger partial charge on any atom is -0.481 e. The lowest BCUT2D eigenvalue weighted by Gasteiger charge is -2.56. The smallest absolute Gasteiger partial charge is 0.334 e. The molecule has 0 amide bonds. The summed E-state index contributed by atoms with van der Waals surface area (Å²) in [6.07, 6.45) is 9.08. The van der Waals surface area contributed by atoms with Gasteiger partial charge in [-0.05, 0) is 61.5 Å². The fourth-order valence-electron chi connectivity index (χ4n) is 5.98. The van der Waals surface area contributed by atoms with E-state index in [0.29, 0.717) is 13.0 Å². The fourth-order valence-corrected chi connectivity index (χ4v) is 5.98. The second kappa shape index (κ2) is 6.00. The van der Waals surface area contributed by atoms with Crippen molar-refractivity contribution in [2.75, 3.05) is 6.61 Å². The molecular weight excluding hydrogens is 332 g/mol. The molecule has 0 radical (unpaired) electrons. The first-order chi connectivity index (χ1) is 12.4. The van der Waals surface area contributed by atoms with Crippen molar-refractivity contribution in [3.05, 3.63) is 35.8 Å². The first-order valence-corrected chi connectivity index (χ1v) is 9.55. The van der Waals surface area contributed by atoms with Crippen LogP contribution >= 0.6 is 0 Å². The number of allylic oxidation sites excluding steroid dienone is 1. The van der Waals surface area contributed by atoms with Crippen molar-refractivity contribution in [1.82, 2.24) is 0 Å². The van der Waals surface area contributed by atoms with Crippen LogP contribution in [0, 0.1) is 22.7 Å². The molecule has 1 aliphatic heterocycles. The lowest BCUT2D eigenvalue weighted by Crippen LogP contribution is -2.57. The Bertz CT molecular complexity index is 748. The Morgan fingerprint density at radius 2 is 2.23 bits per heavy atom. The molecule has 1 aromatic rings. The number of carboxylic acids is 1. The fraction of sp³-hybridized carbons (Fsp3) is 0.619. The number of esters is 1. The Balaban J connectivity index is 1.78. The van der Waals surface area contributed by atoms with Gasteiger partial charge in [-0.3, -0.25) is 4.79 Å². The van der Waals surface area contributed by atoms with Crippen molar-refractivity contribution in [2.24, 2.45) is 22.7 Å². The standard InChI is InChI=1S/C21H26O5/c1-13(15-7-9-25-11-15)10-21(19(23)24)14(2)6-8-20-12-26-18(22)16(20)4-3-5-17(20)21/h4,7,9,11,13-14,17H,3,5-6,8,10,12H2,1-2H3,(H,23,24). The van der Waals surface area contributed by atoms with Crippen LogP contribution in [0.5, 0.6) is 0 Å². The molecule has 5 unspecified atom stereocenters. The second-order valence-corrected chi connectivity index (χ2v) is 8.43. The maximum absolute atomic E-state index is 12.7. The van der Waals surface area contributed by atoms with Gasteiger partial charge in [0.2, 0.25) is 0 Å². The van der Waals surface area contributed by atoms with Crippen LogP contribution in [-0.2, 0) is 14.3 Å². The monoisotopic (exact) mass is 358 g/mol. The number of carbonyl (C=O) groups excluding carboxylic acids is 1. The zero-order valence-electron chi connectivity index (χ0n) is 15.4. The maximum Gasteiger partial charge on any atom is 0.334 e. The molecular formula is C21H26O5. The number of furan rings is 1. The lowest BCUT2D eigenvalue weighted by molar-refractivity contribution is -0.171. The first kappa shape index (κ1) is 17.4. The van der Waals surface area contributed by atoms with E-state index in [1.165, 1.54) is 0 Å². The quantitative estimate of drug-likeness (QED) is 0.818. The molecule has 26 heavy (non-hydrogen) atoms. The zero-order valence-corrected chi connectivity index (χ0v) is 15.4. The molecule has 0 bridgehead atoms. The molecule has 3 aliphatic rings. The molecule has 5 nitrogen and oxygen atoms in total. The molecule has 1 N–H and O–H groups in total. The van der Waals surface area contributed by atoms with Crippen molar-refractivity contribution in [3.63, 3.8) is 0 Å². The first-order valence-electron chi connectivity index (χ1n) is 9.55. The van der Waals surface area contributed by atoms with Crippen LogP contribution in [0.1, 0.15) is 57.4 Å². The van der Waals surface area contributed by atoms with Gasteiger partial charge in [0.25, 0.3) is 0 Å². The molecule has 2 aliphatic carbocycles. The topological polar surface area (TPSA) is 76.7 Å². The third-order valence-corrected chi connectivity index (χ3v) is 7.37. The van der Waals surface area contributed by atoms with Crippen molar-refractivity contribution < 1.29 is 23.8 Å². The van der Waals surface area contributed by atoms with Crippen LogP contribution < -0.4 is 0 Å². The van der Waals surface area contributed by atoms with Crippen LogP contribution in [0.25, 0.3) is 0 Å². The zero-order chi connectivity index (χ0) is 18.5. The molecule has 1 spiro atoms. The van der Waals surface area contributed by atoms with Gasteiger partial charge in [0.1, 0.15) is 6.61 Å². The van der Waals surface area contributed by atoms with Crippen molar-refractivity contribution in [1.29, 1.82) is 0 Å². The van der Waals surface area contributed by atoms with Gasteiger partial charge in [-0.1, -0.05) is 19.9 Å². The van der Waals surface area contributed by atoms with E-state index < -0.39 is 16.8 Å². The van der Waals surface area contributed by atoms with Gasteiger partial charge in [-0.15, -0.1) is 0 Å². The summed E-state index contributed by atoms with van der Waals surface area (Å²) in [7, 11) is 0. The Labute approximate surface area is 153 Å². The normalized spacial score (nSPS) is 37.3. The van der Waals surface area contributed by atoms with E-state index in [1.54, 1.807) is 12.5 Å². The third kappa shape index (κ3) is 2.22. The van der Waals surface area contributed by atoms with Gasteiger partial charge in [-0.25, -0.2) is 4.79 Å². The van der Waals surface area contributed by atoms with E-state index in [0.717, 1.165) is 36.8 Å². The summed E-state index contributed by atoms with van der Waals surface area (Å²) < 4.78 is 10.6. The molecule has 4 rings (SSSR count). The number of carbonyl (C=O) groups is 2. The van der Waals surface area contributed by atoms with E-state index in [2.05, 4.69) is 13.8 Å². The molecule has 1 saturated heterocycles. The average molecular weight is 358 g/mol. The van der Waals surface area contributed by atoms with Gasteiger partial charge < -0.3 is 14.3 Å². The summed E-state index contributed by atoms with van der Waals surface area (Å²) >= 11 is 0. The molecule has 140 valence electrons. The molecule has 1 saturated carbocycles. The van der Waals surface area contributed by atoms with Crippen molar-refractivity contribution >= 4 is 11.9 Å². The summed E-state index contributed by atoms with van der Waals surface area (Å²) in [4.78, 5) is 25.0. The highest BCUT2D eigenvalue weighted by Gasteiger charge is 2.65. The van der Waals surface area contributed by atoms with E-state index in [1.807, 2.05) is 12.1 Å². The summed E-state index contributed by atoms with van der Waals surface area (Å²) in [5, 5.41) is 10.5. The number of hydrogen-bond acceptors (Lipinski definition) is 4. The van der Waals surface area contributed by atoms with E-state index >= 15 is 0 Å². The summed E-state index contributed by atoms with van der Waals surface area (Å²) in [5.74, 6) is -0.914. The molecule has 2 fully saturated rings. The van der Waals surface area contributed by atoms with E-state index in [9.17, 15) is 14.7 Å². The Morgan fingerprint density at radius 1 is 1.42 bits per heavy atom. The van der Waals surface area contributed by atoms with Gasteiger partial charge >= 0.3 is 11.9 Å². The molecule has 5 heteroatoms. The van der Waals surface area contributed by atoms with Crippen LogP contribution in [-0.4, -0.2) is 23.7 Å².